The molecule has 1 aromatic carbocycles. The summed E-state index contributed by atoms with van der Waals surface area (Å²) in [5.74, 6) is 0.946. The van der Waals surface area contributed by atoms with Crippen molar-refractivity contribution in [1.29, 1.82) is 5.26 Å². The molecule has 1 aliphatic rings. The highest BCUT2D eigenvalue weighted by Gasteiger charge is 2.23. The van der Waals surface area contributed by atoms with Gasteiger partial charge in [0.1, 0.15) is 18.2 Å². The standard InChI is InChI=1S/C19H21N7/c1-15-2-4-16(5-3-15)13-26-19-17(12-23-26)18(21-14-22-19)25-10-8-24(7-6-20)9-11-25/h2-5,12,14H,7-11,13H2,1H3/p+1. The molecule has 7 nitrogen and oxygen atoms in total. The number of aryl methyl sites for hydroxylation is 1. The Kier molecular flexibility index (Phi) is 4.50. The van der Waals surface area contributed by atoms with E-state index in [9.17, 15) is 0 Å². The molecule has 1 fully saturated rings. The summed E-state index contributed by atoms with van der Waals surface area (Å²) in [6, 6.07) is 10.7. The number of aromatic nitrogens is 4. The van der Waals surface area contributed by atoms with Crippen molar-refractivity contribution in [3.8, 4) is 6.07 Å². The summed E-state index contributed by atoms with van der Waals surface area (Å²) >= 11 is 0. The first-order valence-electron chi connectivity index (χ1n) is 8.92. The van der Waals surface area contributed by atoms with Gasteiger partial charge in [0.05, 0.1) is 44.3 Å². The molecule has 2 aromatic heterocycles. The van der Waals surface area contributed by atoms with Gasteiger partial charge in [0.15, 0.2) is 12.2 Å². The summed E-state index contributed by atoms with van der Waals surface area (Å²) in [5, 5.41) is 14.4. The van der Waals surface area contributed by atoms with Crippen LogP contribution in [0.3, 0.4) is 0 Å². The zero-order valence-corrected chi connectivity index (χ0v) is 14.9. The minimum absolute atomic E-state index is 0.571. The second-order valence-electron chi connectivity index (χ2n) is 6.79. The van der Waals surface area contributed by atoms with Gasteiger partial charge in [-0.2, -0.15) is 10.4 Å². The molecule has 0 aliphatic carbocycles. The predicted molar refractivity (Wildman–Crippen MR) is 99.0 cm³/mol. The third kappa shape index (κ3) is 3.24. The number of piperazine rings is 1. The van der Waals surface area contributed by atoms with Crippen LogP contribution in [0.15, 0.2) is 36.8 Å². The van der Waals surface area contributed by atoms with Crippen molar-refractivity contribution in [2.75, 3.05) is 37.6 Å². The maximum atomic E-state index is 8.87. The van der Waals surface area contributed by atoms with Crippen molar-refractivity contribution in [2.24, 2.45) is 0 Å². The molecule has 0 amide bonds. The topological polar surface area (TPSA) is 75.1 Å². The Hall–Kier alpha value is -2.98. The van der Waals surface area contributed by atoms with E-state index in [0.29, 0.717) is 13.1 Å². The first-order valence-corrected chi connectivity index (χ1v) is 8.92. The lowest BCUT2D eigenvalue weighted by atomic mass is 10.1. The van der Waals surface area contributed by atoms with Gasteiger partial charge < -0.3 is 9.80 Å². The fourth-order valence-corrected chi connectivity index (χ4v) is 3.44. The van der Waals surface area contributed by atoms with Crippen LogP contribution in [0.4, 0.5) is 5.82 Å². The van der Waals surface area contributed by atoms with Crippen LogP contribution in [0, 0.1) is 18.3 Å². The molecule has 0 unspecified atom stereocenters. The summed E-state index contributed by atoms with van der Waals surface area (Å²) in [6.07, 6.45) is 3.49. The van der Waals surface area contributed by atoms with Gasteiger partial charge in [-0.15, -0.1) is 0 Å². The highest BCUT2D eigenvalue weighted by Crippen LogP contribution is 2.23. The number of anilines is 1. The normalized spacial score (nSPS) is 15.3. The number of nitrogens with one attached hydrogen (secondary N) is 1. The van der Waals surface area contributed by atoms with E-state index in [1.807, 2.05) is 10.9 Å². The third-order valence-corrected chi connectivity index (χ3v) is 4.96. The van der Waals surface area contributed by atoms with Gasteiger partial charge in [0.2, 0.25) is 0 Å². The Labute approximate surface area is 152 Å². The Balaban J connectivity index is 1.57. The molecule has 1 aliphatic heterocycles. The van der Waals surface area contributed by atoms with Crippen molar-refractivity contribution >= 4 is 16.9 Å². The monoisotopic (exact) mass is 348 g/mol. The van der Waals surface area contributed by atoms with E-state index < -0.39 is 0 Å². The van der Waals surface area contributed by atoms with Crippen LogP contribution in [-0.2, 0) is 6.54 Å². The molecular formula is C19H22N7+. The van der Waals surface area contributed by atoms with Gasteiger partial charge in [0, 0.05) is 0 Å². The van der Waals surface area contributed by atoms with Gasteiger partial charge in [-0.05, 0) is 12.5 Å². The lowest BCUT2D eigenvalue weighted by molar-refractivity contribution is -0.893. The molecule has 0 saturated carbocycles. The first kappa shape index (κ1) is 16.5. The number of hydrogen-bond donors (Lipinski definition) is 1. The van der Waals surface area contributed by atoms with Crippen LogP contribution in [0.2, 0.25) is 0 Å². The Bertz CT molecular complexity index is 931. The molecule has 1 saturated heterocycles. The van der Waals surface area contributed by atoms with E-state index in [2.05, 4.69) is 57.2 Å². The summed E-state index contributed by atoms with van der Waals surface area (Å²) in [6.45, 7) is 7.05. The molecule has 3 aromatic rings. The zero-order valence-electron chi connectivity index (χ0n) is 14.9. The number of benzene rings is 1. The van der Waals surface area contributed by atoms with Crippen LogP contribution in [0.1, 0.15) is 11.1 Å². The highest BCUT2D eigenvalue weighted by molar-refractivity contribution is 5.86. The van der Waals surface area contributed by atoms with E-state index in [1.54, 1.807) is 6.33 Å². The molecule has 0 bridgehead atoms. The number of hydrogen-bond acceptors (Lipinski definition) is 5. The Morgan fingerprint density at radius 2 is 1.92 bits per heavy atom. The van der Waals surface area contributed by atoms with Gasteiger partial charge in [-0.25, -0.2) is 14.6 Å². The second kappa shape index (κ2) is 7.10. The van der Waals surface area contributed by atoms with Crippen LogP contribution >= 0.6 is 0 Å². The minimum atomic E-state index is 0.571. The van der Waals surface area contributed by atoms with Gasteiger partial charge >= 0.3 is 0 Å². The molecule has 26 heavy (non-hydrogen) atoms. The van der Waals surface area contributed by atoms with Crippen molar-refractivity contribution in [3.05, 3.63) is 47.9 Å². The van der Waals surface area contributed by atoms with E-state index in [0.717, 1.165) is 43.0 Å². The van der Waals surface area contributed by atoms with Gasteiger partial charge in [-0.3, -0.25) is 0 Å². The SMILES string of the molecule is Cc1ccc(Cn2ncc3c(N4CC[NH+](CC#N)CC4)ncnc32)cc1. The number of nitriles is 1. The van der Waals surface area contributed by atoms with Crippen LogP contribution in [0.25, 0.3) is 11.0 Å². The molecule has 4 rings (SSSR count). The maximum absolute atomic E-state index is 8.87. The lowest BCUT2D eigenvalue weighted by Gasteiger charge is -2.31. The summed E-state index contributed by atoms with van der Waals surface area (Å²) in [7, 11) is 0. The van der Waals surface area contributed by atoms with E-state index in [4.69, 9.17) is 5.26 Å². The molecular weight excluding hydrogens is 326 g/mol. The number of nitrogens with zero attached hydrogens (tertiary/aromatic N) is 6. The molecule has 0 radical (unpaired) electrons. The molecule has 0 atom stereocenters. The summed E-state index contributed by atoms with van der Waals surface area (Å²) < 4.78 is 1.93. The Morgan fingerprint density at radius 1 is 1.15 bits per heavy atom. The van der Waals surface area contributed by atoms with Crippen LogP contribution in [-0.4, -0.2) is 52.5 Å². The number of quaternary nitrogens is 1. The Morgan fingerprint density at radius 3 is 2.65 bits per heavy atom. The van der Waals surface area contributed by atoms with Crippen LogP contribution in [0.5, 0.6) is 0 Å². The smallest absolute Gasteiger partial charge is 0.165 e. The largest absolute Gasteiger partial charge is 0.345 e. The molecule has 3 heterocycles. The lowest BCUT2D eigenvalue weighted by Crippen LogP contribution is -3.14. The highest BCUT2D eigenvalue weighted by atomic mass is 15.3. The minimum Gasteiger partial charge on any atom is -0.345 e. The van der Waals surface area contributed by atoms with E-state index in [-0.39, 0.29) is 0 Å². The van der Waals surface area contributed by atoms with Gasteiger partial charge in [0.25, 0.3) is 0 Å². The average molecular weight is 348 g/mol. The summed E-state index contributed by atoms with van der Waals surface area (Å²) in [5.41, 5.74) is 3.32. The van der Waals surface area contributed by atoms with Crippen molar-refractivity contribution < 1.29 is 4.90 Å². The fraction of sp³-hybridized carbons (Fsp3) is 0.368. The first-order chi connectivity index (χ1) is 12.7. The summed E-state index contributed by atoms with van der Waals surface area (Å²) in [4.78, 5) is 12.6. The van der Waals surface area contributed by atoms with Crippen LogP contribution < -0.4 is 9.80 Å². The quantitative estimate of drug-likeness (QED) is 0.692. The van der Waals surface area contributed by atoms with Crippen molar-refractivity contribution in [2.45, 2.75) is 13.5 Å². The third-order valence-electron chi connectivity index (χ3n) is 4.96. The fourth-order valence-electron chi connectivity index (χ4n) is 3.44. The van der Waals surface area contributed by atoms with Gasteiger partial charge in [-0.1, -0.05) is 29.8 Å². The van der Waals surface area contributed by atoms with E-state index in [1.165, 1.54) is 16.0 Å². The van der Waals surface area contributed by atoms with Crippen molar-refractivity contribution in [1.82, 2.24) is 19.7 Å². The average Bonchev–Trinajstić information content (AvgIpc) is 3.08. The predicted octanol–water partition coefficient (Wildman–Crippen LogP) is 0.412. The second-order valence-corrected chi connectivity index (χ2v) is 6.79. The van der Waals surface area contributed by atoms with Crippen molar-refractivity contribution in [3.63, 3.8) is 0 Å². The maximum Gasteiger partial charge on any atom is 0.165 e. The molecule has 132 valence electrons. The number of rotatable bonds is 4. The molecule has 7 heteroatoms. The van der Waals surface area contributed by atoms with E-state index >= 15 is 0 Å². The zero-order chi connectivity index (χ0) is 17.9. The number of fused-ring (bicyclic) bond motifs is 1. The molecule has 0 spiro atoms. The molecule has 1 N–H and O–H groups in total.